The molecular formula is C45H57N9O3S. The summed E-state index contributed by atoms with van der Waals surface area (Å²) < 4.78 is 3.25. The Kier molecular flexibility index (Phi) is 10.3. The number of carboxylic acid groups (broad SMARTS) is 1. The van der Waals surface area contributed by atoms with Crippen molar-refractivity contribution in [1.82, 2.24) is 35.3 Å². The molecule has 0 amide bonds. The van der Waals surface area contributed by atoms with E-state index >= 15 is 0 Å². The van der Waals surface area contributed by atoms with E-state index in [2.05, 4.69) is 59.3 Å². The van der Waals surface area contributed by atoms with Crippen LogP contribution in [0.2, 0.25) is 0 Å². The van der Waals surface area contributed by atoms with Crippen LogP contribution >= 0.6 is 11.3 Å². The van der Waals surface area contributed by atoms with Gasteiger partial charge in [0.1, 0.15) is 5.82 Å². The molecule has 4 fully saturated rings. The van der Waals surface area contributed by atoms with Gasteiger partial charge in [0.2, 0.25) is 0 Å². The summed E-state index contributed by atoms with van der Waals surface area (Å²) in [5, 5.41) is 41.6. The van der Waals surface area contributed by atoms with Crippen molar-refractivity contribution in [3.05, 3.63) is 65.1 Å². The van der Waals surface area contributed by atoms with Crippen molar-refractivity contribution in [2.45, 2.75) is 105 Å². The third-order valence-corrected chi connectivity index (χ3v) is 14.9. The number of aromatic nitrogens is 6. The lowest BCUT2D eigenvalue weighted by Crippen LogP contribution is -2.46. The second-order valence-electron chi connectivity index (χ2n) is 18.8. The smallest absolute Gasteiger partial charge is 0.355 e. The van der Waals surface area contributed by atoms with E-state index < -0.39 is 5.97 Å². The molecule has 4 aromatic heterocycles. The molecule has 5 atom stereocenters. The van der Waals surface area contributed by atoms with Crippen molar-refractivity contribution >= 4 is 50.1 Å². The summed E-state index contributed by atoms with van der Waals surface area (Å²) in [5.41, 5.74) is 6.54. The van der Waals surface area contributed by atoms with Gasteiger partial charge in [-0.1, -0.05) is 37.3 Å². The van der Waals surface area contributed by atoms with E-state index in [0.717, 1.165) is 76.6 Å². The molecule has 5 aromatic rings. The number of anilines is 4. The van der Waals surface area contributed by atoms with Gasteiger partial charge in [-0.15, -0.1) is 10.2 Å². The molecule has 5 aliphatic rings. The van der Waals surface area contributed by atoms with Gasteiger partial charge >= 0.3 is 5.97 Å². The number of hydrogen-bond acceptors (Lipinski definition) is 11. The lowest BCUT2D eigenvalue weighted by Gasteiger charge is -2.57. The fourth-order valence-corrected chi connectivity index (χ4v) is 13.2. The van der Waals surface area contributed by atoms with Gasteiger partial charge in [0.05, 0.1) is 16.4 Å². The molecule has 4 bridgehead atoms. The predicted octanol–water partition coefficient (Wildman–Crippen LogP) is 8.85. The maximum Gasteiger partial charge on any atom is 0.355 e. The average molecular weight is 804 g/mol. The van der Waals surface area contributed by atoms with Crippen LogP contribution in [0.5, 0.6) is 0 Å². The largest absolute Gasteiger partial charge is 0.476 e. The van der Waals surface area contributed by atoms with E-state index in [1.54, 1.807) is 11.3 Å². The Morgan fingerprint density at radius 1 is 0.966 bits per heavy atom. The molecule has 5 unspecified atom stereocenters. The Morgan fingerprint density at radius 3 is 2.59 bits per heavy atom. The van der Waals surface area contributed by atoms with Crippen LogP contribution in [0.15, 0.2) is 42.6 Å². The highest BCUT2D eigenvalue weighted by atomic mass is 32.1. The molecule has 0 saturated heterocycles. The zero-order valence-corrected chi connectivity index (χ0v) is 35.2. The van der Waals surface area contributed by atoms with Crippen LogP contribution in [-0.4, -0.2) is 72.4 Å². The van der Waals surface area contributed by atoms with Gasteiger partial charge in [-0.25, -0.2) is 14.8 Å². The molecule has 1 aliphatic heterocycles. The van der Waals surface area contributed by atoms with Crippen molar-refractivity contribution in [3.8, 4) is 11.1 Å². The van der Waals surface area contributed by atoms with E-state index in [1.807, 2.05) is 41.4 Å². The minimum absolute atomic E-state index is 0.0183. The molecule has 4 saturated carbocycles. The number of hydrogen-bond donors (Lipinski definition) is 4. The van der Waals surface area contributed by atoms with Crippen LogP contribution in [0.4, 0.5) is 22.6 Å². The number of pyridine rings is 1. The molecular weight excluding hydrogens is 747 g/mol. The van der Waals surface area contributed by atoms with Gasteiger partial charge in [0, 0.05) is 47.6 Å². The first kappa shape index (κ1) is 39.0. The quantitative estimate of drug-likeness (QED) is 0.0797. The van der Waals surface area contributed by atoms with Crippen LogP contribution in [-0.2, 0) is 13.0 Å². The second-order valence-corrected chi connectivity index (χ2v) is 19.8. The summed E-state index contributed by atoms with van der Waals surface area (Å²) in [6.45, 7) is 12.9. The highest BCUT2D eigenvalue weighted by molar-refractivity contribution is 7.22. The van der Waals surface area contributed by atoms with Crippen molar-refractivity contribution in [3.63, 3.8) is 0 Å². The van der Waals surface area contributed by atoms with E-state index in [-0.39, 0.29) is 12.3 Å². The maximum absolute atomic E-state index is 12.9. The lowest BCUT2D eigenvalue weighted by molar-refractivity contribution is -0.0642. The third-order valence-electron chi connectivity index (χ3n) is 14.0. The van der Waals surface area contributed by atoms with Gasteiger partial charge in [-0.3, -0.25) is 4.68 Å². The normalized spacial score (nSPS) is 26.3. The molecule has 1 aromatic carbocycles. The molecule has 5 heterocycles. The number of fused-ring (bicyclic) bond motifs is 3. The van der Waals surface area contributed by atoms with Gasteiger partial charge in [-0.05, 0) is 150 Å². The minimum atomic E-state index is -1.06. The van der Waals surface area contributed by atoms with Crippen LogP contribution in [0.3, 0.4) is 0 Å². The molecule has 0 radical (unpaired) electrons. The Morgan fingerprint density at radius 2 is 1.78 bits per heavy atom. The zero-order chi connectivity index (χ0) is 40.2. The monoisotopic (exact) mass is 803 g/mol. The number of aliphatic hydroxyl groups excluding tert-OH is 1. The number of carboxylic acids is 1. The SMILES string of the molecule is Cc1c(Nc2nc3ccccc3s2)nnc2c1CCCN2c1ccc(-c2cnn(CC3CC4(C)CC5(C)CC3CC(CCCNCCCO)(C4)C5)c2C)c(C(=O)O)n1. The molecule has 4 aliphatic carbocycles. The summed E-state index contributed by atoms with van der Waals surface area (Å²) in [7, 11) is 0. The fraction of sp³-hybridized carbons (Fsp3) is 0.556. The Balaban J connectivity index is 0.939. The summed E-state index contributed by atoms with van der Waals surface area (Å²) in [4.78, 5) is 24.4. The number of aliphatic hydroxyl groups is 1. The van der Waals surface area contributed by atoms with Crippen molar-refractivity contribution < 1.29 is 15.0 Å². The predicted molar refractivity (Wildman–Crippen MR) is 229 cm³/mol. The fourth-order valence-electron chi connectivity index (χ4n) is 12.3. The number of aromatic carboxylic acids is 1. The molecule has 13 heteroatoms. The summed E-state index contributed by atoms with van der Waals surface area (Å²) in [6.07, 6.45) is 14.6. The maximum atomic E-state index is 12.9. The number of carbonyl (C=O) groups is 1. The Hall–Kier alpha value is -4.46. The Bertz CT molecular complexity index is 2310. The van der Waals surface area contributed by atoms with Gasteiger partial charge < -0.3 is 25.7 Å². The number of nitrogens with one attached hydrogen (secondary N) is 2. The van der Waals surface area contributed by atoms with Gasteiger partial charge in [0.25, 0.3) is 0 Å². The lowest BCUT2D eigenvalue weighted by atomic mass is 9.48. The van der Waals surface area contributed by atoms with Gasteiger partial charge in [0.15, 0.2) is 22.5 Å². The number of para-hydroxylation sites is 1. The van der Waals surface area contributed by atoms with Crippen molar-refractivity contribution in [1.29, 1.82) is 0 Å². The van der Waals surface area contributed by atoms with Crippen molar-refractivity contribution in [2.24, 2.45) is 28.1 Å². The first-order valence-electron chi connectivity index (χ1n) is 21.3. The summed E-state index contributed by atoms with van der Waals surface area (Å²) in [5.74, 6) is 2.06. The number of benzene rings is 1. The van der Waals surface area contributed by atoms with E-state index in [9.17, 15) is 9.90 Å². The van der Waals surface area contributed by atoms with E-state index in [0.29, 0.717) is 57.6 Å². The second kappa shape index (κ2) is 15.3. The zero-order valence-electron chi connectivity index (χ0n) is 34.4. The van der Waals surface area contributed by atoms with Crippen LogP contribution in [0, 0.1) is 41.9 Å². The molecule has 10 rings (SSSR count). The Labute approximate surface area is 344 Å². The number of thiazole rings is 1. The molecule has 306 valence electrons. The average Bonchev–Trinajstić information content (AvgIpc) is 3.73. The van der Waals surface area contributed by atoms with Crippen molar-refractivity contribution in [2.75, 3.05) is 36.5 Å². The van der Waals surface area contributed by atoms with E-state index in [1.165, 1.54) is 51.4 Å². The van der Waals surface area contributed by atoms with Crippen LogP contribution in [0.25, 0.3) is 21.3 Å². The van der Waals surface area contributed by atoms with Gasteiger partial charge in [-0.2, -0.15) is 5.10 Å². The number of rotatable bonds is 14. The third kappa shape index (κ3) is 7.38. The highest BCUT2D eigenvalue weighted by Crippen LogP contribution is 2.69. The molecule has 12 nitrogen and oxygen atoms in total. The van der Waals surface area contributed by atoms with E-state index in [4.69, 9.17) is 20.2 Å². The standard InChI is InChI=1S/C45H57N9O3S/c1-28-32-10-7-18-53(40(32)52-51-39(28)50-42-48-35-11-5-6-12-36(35)58-42)37-14-13-33(38(49-37)41(56)57)34-23-47-54(29(34)2)24-31-21-44(4)25-43(3)20-30(31)22-45(26-43,27-44)15-8-16-46-17-9-19-55/h5-6,11-14,23,30-31,46,55H,7-10,15-22,24-27H2,1-4H3,(H,56,57)(H,48,50,51). The minimum Gasteiger partial charge on any atom is -0.476 e. The molecule has 58 heavy (non-hydrogen) atoms. The topological polar surface area (TPSA) is 154 Å². The van der Waals surface area contributed by atoms with Crippen LogP contribution in [0.1, 0.15) is 105 Å². The molecule has 4 N–H and O–H groups in total. The first-order chi connectivity index (χ1) is 27.9. The first-order valence-corrected chi connectivity index (χ1v) is 22.1. The number of nitrogens with zero attached hydrogens (tertiary/aromatic N) is 7. The summed E-state index contributed by atoms with van der Waals surface area (Å²) >= 11 is 1.58. The van der Waals surface area contributed by atoms with Crippen LogP contribution < -0.4 is 15.5 Å². The summed E-state index contributed by atoms with van der Waals surface area (Å²) in [6, 6.07) is 11.9. The highest BCUT2D eigenvalue weighted by Gasteiger charge is 2.59. The molecule has 0 spiro atoms.